The average Bonchev–Trinajstić information content (AvgIpc) is 3.29. The number of amides is 1. The van der Waals surface area contributed by atoms with E-state index >= 15 is 0 Å². The molecule has 27 heavy (non-hydrogen) atoms. The van der Waals surface area contributed by atoms with Gasteiger partial charge in [-0.3, -0.25) is 14.2 Å². The molecule has 0 radical (unpaired) electrons. The second-order valence-corrected chi connectivity index (χ2v) is 6.45. The minimum Gasteiger partial charge on any atom is -0.505 e. The van der Waals surface area contributed by atoms with E-state index in [0.29, 0.717) is 0 Å². The fourth-order valence-electron chi connectivity index (χ4n) is 2.10. The number of hydrogen-bond acceptors (Lipinski definition) is 6. The number of aromatic hydroxyl groups is 1. The van der Waals surface area contributed by atoms with Crippen molar-refractivity contribution >= 4 is 39.2 Å². The van der Waals surface area contributed by atoms with Gasteiger partial charge in [-0.1, -0.05) is 29.3 Å². The molecule has 2 aromatic rings. The first kappa shape index (κ1) is 6.43. The summed E-state index contributed by atoms with van der Waals surface area (Å²) in [4.78, 5) is 30.2. The molecule has 0 aliphatic carbocycles. The Labute approximate surface area is 196 Å². The molecule has 3 heterocycles. The second kappa shape index (κ2) is 8.58. The highest BCUT2D eigenvalue weighted by atomic mass is 35.5. The van der Waals surface area contributed by atoms with Crippen molar-refractivity contribution in [3.63, 3.8) is 0 Å². The van der Waals surface area contributed by atoms with Gasteiger partial charge in [0.1, 0.15) is 15.9 Å². The van der Waals surface area contributed by atoms with Crippen molar-refractivity contribution in [2.75, 3.05) is 26.0 Å². The van der Waals surface area contributed by atoms with Crippen LogP contribution >= 0.6 is 22.9 Å². The molecule has 7 nitrogen and oxygen atoms in total. The zero-order chi connectivity index (χ0) is 37.8. The highest BCUT2D eigenvalue weighted by molar-refractivity contribution is 7.21. The van der Waals surface area contributed by atoms with Gasteiger partial charge in [-0.25, -0.2) is 4.98 Å². The third-order valence-electron chi connectivity index (χ3n) is 3.22. The fourth-order valence-corrected chi connectivity index (χ4v) is 3.21. The molecule has 1 aliphatic rings. The van der Waals surface area contributed by atoms with Crippen molar-refractivity contribution < 1.29 is 37.4 Å². The van der Waals surface area contributed by atoms with Crippen molar-refractivity contribution in [3.8, 4) is 5.75 Å². The third-order valence-corrected chi connectivity index (χ3v) is 4.36. The Hall–Kier alpha value is -1.64. The van der Waals surface area contributed by atoms with Crippen molar-refractivity contribution in [2.45, 2.75) is 45.3 Å². The number of halogens is 1. The minimum absolute atomic E-state index is 0.159. The Morgan fingerprint density at radius 3 is 3.07 bits per heavy atom. The highest BCUT2D eigenvalue weighted by Gasteiger charge is 2.25. The SMILES string of the molecule is [2H]Oc1c(C(=O)N([2H])C([2H])([2H])CCN2C([2H])([2H])C([2H])([2H])C([2H])([2H])C([2H])([2H])C2([2H])[2H])c(=O)n(C([2H])(C([2H])([2H])[2H])C([2H])([2H])[2H])c2sc(Cl)nc12. The summed E-state index contributed by atoms with van der Waals surface area (Å²) in [6.07, 6.45) is -12.6. The number of nitrogens with zero attached hydrogens (tertiary/aromatic N) is 3. The molecule has 1 saturated heterocycles. The Morgan fingerprint density at radius 2 is 2.37 bits per heavy atom. The van der Waals surface area contributed by atoms with Crippen LogP contribution in [-0.4, -0.2) is 52.9 Å². The number of nitrogens with one attached hydrogen (secondary N) is 1. The van der Waals surface area contributed by atoms with Crippen LogP contribution in [0.1, 0.15) is 81.7 Å². The molecule has 0 atom stereocenters. The number of piperidine rings is 1. The van der Waals surface area contributed by atoms with E-state index < -0.39 is 114 Å². The lowest BCUT2D eigenvalue weighted by molar-refractivity contribution is 0.0946. The van der Waals surface area contributed by atoms with E-state index in [1.54, 1.807) is 0 Å². The van der Waals surface area contributed by atoms with E-state index in [4.69, 9.17) is 40.5 Å². The quantitative estimate of drug-likeness (QED) is 0.700. The van der Waals surface area contributed by atoms with Gasteiger partial charge in [-0.2, -0.15) is 0 Å². The van der Waals surface area contributed by atoms with E-state index in [2.05, 4.69) is 10.1 Å². The Morgan fingerprint density at radius 1 is 1.59 bits per heavy atom. The van der Waals surface area contributed by atoms with E-state index in [9.17, 15) is 9.59 Å². The van der Waals surface area contributed by atoms with Gasteiger partial charge in [0.15, 0.2) is 11.6 Å². The first-order valence-corrected chi connectivity index (χ1v) is 8.34. The monoisotopic (exact) mass is 433 g/mol. The standard InChI is InChI=1S/C18H25ClN4O3S/c1-11(2)23-16(26)12(14(24)13-17(23)27-18(19)21-13)15(25)20-7-6-10-22-8-4-3-5-9-22/h11,24H,3-10H2,1-2H3,(H,20,25)/i1D3,2D3,3D2,4D2,5D2,7D2,8D2,9D2,11D/hD2. The van der Waals surface area contributed by atoms with Gasteiger partial charge in [0.05, 0.1) is 1.37 Å². The van der Waals surface area contributed by atoms with Gasteiger partial charge in [0.2, 0.25) is 0 Å². The second-order valence-electron chi connectivity index (χ2n) is 4.89. The number of carbonyl (C=O) groups is 1. The van der Waals surface area contributed by atoms with Gasteiger partial charge < -0.3 is 15.3 Å². The zero-order valence-electron chi connectivity index (χ0n) is 34.2. The van der Waals surface area contributed by atoms with Crippen LogP contribution in [0.5, 0.6) is 5.75 Å². The maximum absolute atomic E-state index is 13.8. The van der Waals surface area contributed by atoms with E-state index in [-0.39, 0.29) is 20.8 Å². The van der Waals surface area contributed by atoms with E-state index in [0.717, 1.165) is 0 Å². The van der Waals surface area contributed by atoms with Gasteiger partial charge in [-0.05, 0) is 52.4 Å². The number of pyridine rings is 1. The van der Waals surface area contributed by atoms with Crippen molar-refractivity contribution in [3.05, 3.63) is 20.4 Å². The first-order chi connectivity index (χ1) is 21.1. The Bertz CT molecular complexity index is 1620. The first-order valence-electron chi connectivity index (χ1n) is 17.5. The molecular weight excluding hydrogens is 388 g/mol. The molecule has 0 saturated carbocycles. The smallest absolute Gasteiger partial charge is 0.293 e. The molecular formula is C18H25ClN4O3S. The molecule has 1 amide bonds. The Balaban J connectivity index is 2.21. The lowest BCUT2D eigenvalue weighted by Crippen LogP contribution is -2.36. The van der Waals surface area contributed by atoms with E-state index in [1.807, 2.05) is 0 Å². The van der Waals surface area contributed by atoms with Crippen molar-refractivity contribution in [1.82, 2.24) is 19.8 Å². The Kier molecular flexibility index (Phi) is 2.04. The molecule has 0 aromatic carbocycles. The van der Waals surface area contributed by atoms with Crippen LogP contribution in [0.15, 0.2) is 4.79 Å². The summed E-state index contributed by atoms with van der Waals surface area (Å²) in [6.45, 7) is -19.8. The summed E-state index contributed by atoms with van der Waals surface area (Å²) in [7, 11) is 0. The molecule has 0 spiro atoms. The maximum Gasteiger partial charge on any atom is 0.293 e. The third kappa shape index (κ3) is 4.28. The minimum atomic E-state index is -3.87. The van der Waals surface area contributed by atoms with Gasteiger partial charge in [-0.15, -0.1) is 0 Å². The van der Waals surface area contributed by atoms with Crippen LogP contribution in [0.2, 0.25) is 5.88 Å². The van der Waals surface area contributed by atoms with Crippen molar-refractivity contribution in [2.24, 2.45) is 0 Å². The number of rotatable bonds is 7. The van der Waals surface area contributed by atoms with Crippen LogP contribution in [-0.2, 0) is 0 Å². The summed E-state index contributed by atoms with van der Waals surface area (Å²) in [6, 6.07) is -3.87. The summed E-state index contributed by atoms with van der Waals surface area (Å²) >= 11 is 6.16. The number of fused-ring (bicyclic) bond motifs is 1. The summed E-state index contributed by atoms with van der Waals surface area (Å²) in [5.41, 5.74) is -4.32. The molecule has 0 bridgehead atoms. The molecule has 3 rings (SSSR count). The molecule has 1 aliphatic heterocycles. The van der Waals surface area contributed by atoms with Crippen LogP contribution in [0.4, 0.5) is 0 Å². The maximum atomic E-state index is 13.8. The van der Waals surface area contributed by atoms with Gasteiger partial charge in [0, 0.05) is 37.2 Å². The largest absolute Gasteiger partial charge is 0.505 e. The lowest BCUT2D eigenvalue weighted by Gasteiger charge is -2.26. The van der Waals surface area contributed by atoms with Crippen LogP contribution in [0.3, 0.4) is 0 Å². The zero-order valence-corrected chi connectivity index (χ0v) is 14.8. The predicted octanol–water partition coefficient (Wildman–Crippen LogP) is 3.00. The van der Waals surface area contributed by atoms with Crippen molar-refractivity contribution in [1.29, 1.82) is 1.43 Å². The molecule has 2 N–H and O–H groups in total. The summed E-state index contributed by atoms with van der Waals surface area (Å²) < 4.78 is 167. The fraction of sp³-hybridized carbons (Fsp3) is 0.611. The number of thiazole rings is 1. The summed E-state index contributed by atoms with van der Waals surface area (Å²) in [5, 5.41) is 3.73. The predicted molar refractivity (Wildman–Crippen MR) is 108 cm³/mol. The van der Waals surface area contributed by atoms with Crippen LogP contribution in [0.25, 0.3) is 10.3 Å². The average molecular weight is 434 g/mol. The van der Waals surface area contributed by atoms with Crippen LogP contribution in [0, 0.1) is 0 Å². The molecule has 9 heteroatoms. The topological polar surface area (TPSA) is 87.5 Å². The number of hydrogen-bond donors (Lipinski definition) is 2. The molecule has 148 valence electrons. The molecule has 2 aromatic heterocycles. The lowest BCUT2D eigenvalue weighted by atomic mass is 10.1. The number of likely N-dealkylation sites (tertiary alicyclic amines) is 1. The van der Waals surface area contributed by atoms with Crippen LogP contribution < -0.4 is 10.9 Å². The van der Waals surface area contributed by atoms with Gasteiger partial charge >= 0.3 is 0 Å². The molecule has 0 unspecified atom stereocenters. The summed E-state index contributed by atoms with van der Waals surface area (Å²) in [5.74, 6) is -3.21. The normalized spacial score (nSPS) is 38.0. The molecule has 1 fully saturated rings. The van der Waals surface area contributed by atoms with E-state index in [1.165, 1.54) is 0 Å². The number of carbonyl (C=O) groups excluding carboxylic acids is 1. The number of aromatic nitrogens is 2. The van der Waals surface area contributed by atoms with Gasteiger partial charge in [0.25, 0.3) is 12.9 Å². The highest BCUT2D eigenvalue weighted by Crippen LogP contribution is 2.33.